The SMILES string of the molecule is CC1=CCC23CCN(S(=O)(=O)c4ccc(C)cc4)C12c1ccccc1N3C. The lowest BCUT2D eigenvalue weighted by Crippen LogP contribution is -2.57. The van der Waals surface area contributed by atoms with Crippen LogP contribution in [0, 0.1) is 6.92 Å². The van der Waals surface area contributed by atoms with Gasteiger partial charge in [0, 0.05) is 24.8 Å². The van der Waals surface area contributed by atoms with Crippen LogP contribution in [0.25, 0.3) is 0 Å². The second-order valence-corrected chi connectivity index (χ2v) is 9.91. The first-order valence-corrected chi connectivity index (χ1v) is 10.9. The maximum absolute atomic E-state index is 13.8. The molecular formula is C22H24N2O2S. The fourth-order valence-electron chi connectivity index (χ4n) is 5.74. The van der Waals surface area contributed by atoms with Crippen LogP contribution in [0.3, 0.4) is 0 Å². The predicted octanol–water partition coefficient (Wildman–Crippen LogP) is 3.82. The smallest absolute Gasteiger partial charge is 0.244 e. The van der Waals surface area contributed by atoms with Gasteiger partial charge in [-0.25, -0.2) is 8.42 Å². The Morgan fingerprint density at radius 1 is 1.00 bits per heavy atom. The maximum Gasteiger partial charge on any atom is 0.244 e. The van der Waals surface area contributed by atoms with Crippen LogP contribution in [0.5, 0.6) is 0 Å². The van der Waals surface area contributed by atoms with Crippen molar-refractivity contribution in [3.05, 3.63) is 71.3 Å². The summed E-state index contributed by atoms with van der Waals surface area (Å²) >= 11 is 0. The third-order valence-electron chi connectivity index (χ3n) is 7.00. The fraction of sp³-hybridized carbons (Fsp3) is 0.364. The molecule has 27 heavy (non-hydrogen) atoms. The minimum atomic E-state index is -3.61. The van der Waals surface area contributed by atoms with Crippen molar-refractivity contribution in [3.8, 4) is 0 Å². The van der Waals surface area contributed by atoms with E-state index in [0.29, 0.717) is 11.4 Å². The van der Waals surface area contributed by atoms with Crippen LogP contribution in [0.15, 0.2) is 65.1 Å². The highest BCUT2D eigenvalue weighted by Gasteiger charge is 2.71. The van der Waals surface area contributed by atoms with E-state index >= 15 is 0 Å². The Labute approximate surface area is 161 Å². The van der Waals surface area contributed by atoms with Gasteiger partial charge in [0.05, 0.1) is 10.4 Å². The van der Waals surface area contributed by atoms with E-state index in [2.05, 4.69) is 37.1 Å². The summed E-state index contributed by atoms with van der Waals surface area (Å²) in [7, 11) is -1.49. The Bertz CT molecular complexity index is 1070. The zero-order chi connectivity index (χ0) is 19.0. The molecule has 0 bridgehead atoms. The van der Waals surface area contributed by atoms with Crippen LogP contribution in [-0.4, -0.2) is 31.9 Å². The van der Waals surface area contributed by atoms with Crippen LogP contribution in [0.4, 0.5) is 5.69 Å². The lowest BCUT2D eigenvalue weighted by atomic mass is 9.75. The molecule has 1 fully saturated rings. The van der Waals surface area contributed by atoms with Crippen molar-refractivity contribution in [2.24, 2.45) is 0 Å². The highest BCUT2D eigenvalue weighted by atomic mass is 32.2. The summed E-state index contributed by atoms with van der Waals surface area (Å²) in [4.78, 5) is 2.71. The highest BCUT2D eigenvalue weighted by molar-refractivity contribution is 7.89. The minimum absolute atomic E-state index is 0.224. The first-order chi connectivity index (χ1) is 12.9. The van der Waals surface area contributed by atoms with Gasteiger partial charge in [0.15, 0.2) is 0 Å². The van der Waals surface area contributed by atoms with E-state index < -0.39 is 15.6 Å². The monoisotopic (exact) mass is 380 g/mol. The van der Waals surface area contributed by atoms with E-state index in [1.807, 2.05) is 31.2 Å². The van der Waals surface area contributed by atoms with Crippen LogP contribution >= 0.6 is 0 Å². The number of para-hydroxylation sites is 1. The Morgan fingerprint density at radius 2 is 1.70 bits per heavy atom. The van der Waals surface area contributed by atoms with Gasteiger partial charge in [0.25, 0.3) is 0 Å². The summed E-state index contributed by atoms with van der Waals surface area (Å²) in [6.07, 6.45) is 3.95. The van der Waals surface area contributed by atoms with Crippen molar-refractivity contribution in [2.45, 2.75) is 42.7 Å². The summed E-state index contributed by atoms with van der Waals surface area (Å²) < 4.78 is 29.3. The second kappa shape index (κ2) is 5.24. The first-order valence-electron chi connectivity index (χ1n) is 9.46. The lowest BCUT2D eigenvalue weighted by Gasteiger charge is -2.44. The number of benzene rings is 2. The molecule has 0 aromatic heterocycles. The third-order valence-corrected chi connectivity index (χ3v) is 8.90. The molecule has 2 heterocycles. The quantitative estimate of drug-likeness (QED) is 0.744. The number of hydrogen-bond acceptors (Lipinski definition) is 3. The van der Waals surface area contributed by atoms with E-state index in [9.17, 15) is 8.42 Å². The van der Waals surface area contributed by atoms with E-state index in [1.54, 1.807) is 16.4 Å². The molecule has 0 N–H and O–H groups in total. The van der Waals surface area contributed by atoms with Crippen molar-refractivity contribution in [1.82, 2.24) is 4.31 Å². The van der Waals surface area contributed by atoms with Crippen LogP contribution in [0.2, 0.25) is 0 Å². The zero-order valence-electron chi connectivity index (χ0n) is 15.9. The zero-order valence-corrected chi connectivity index (χ0v) is 16.8. The Balaban J connectivity index is 1.77. The molecule has 0 saturated carbocycles. The third kappa shape index (κ3) is 1.79. The molecule has 5 rings (SSSR count). The summed E-state index contributed by atoms with van der Waals surface area (Å²) in [5.74, 6) is 0. The van der Waals surface area contributed by atoms with Crippen molar-refractivity contribution in [3.63, 3.8) is 0 Å². The van der Waals surface area contributed by atoms with Gasteiger partial charge in [-0.05, 0) is 50.5 Å². The molecular weight excluding hydrogens is 356 g/mol. The number of likely N-dealkylation sites (N-methyl/N-ethyl adjacent to an activating group) is 1. The molecule has 2 aromatic carbocycles. The Morgan fingerprint density at radius 3 is 2.44 bits per heavy atom. The van der Waals surface area contributed by atoms with Crippen LogP contribution in [0.1, 0.15) is 30.9 Å². The highest BCUT2D eigenvalue weighted by Crippen LogP contribution is 2.66. The minimum Gasteiger partial charge on any atom is -0.366 e. The van der Waals surface area contributed by atoms with Crippen molar-refractivity contribution >= 4 is 15.7 Å². The molecule has 2 unspecified atom stereocenters. The van der Waals surface area contributed by atoms with Crippen LogP contribution in [-0.2, 0) is 15.6 Å². The average molecular weight is 381 g/mol. The number of anilines is 1. The standard InChI is InChI=1S/C22H24N2O2S/c1-16-8-10-18(11-9-16)27(25,26)24-15-14-21-13-12-17(2)22(21,24)19-6-4-5-7-20(19)23(21)3/h4-12H,13-15H2,1-3H3. The van der Waals surface area contributed by atoms with Gasteiger partial charge < -0.3 is 4.90 Å². The topological polar surface area (TPSA) is 40.6 Å². The molecule has 2 aromatic rings. The van der Waals surface area contributed by atoms with Gasteiger partial charge in [0.1, 0.15) is 5.54 Å². The van der Waals surface area contributed by atoms with Crippen molar-refractivity contribution in [2.75, 3.05) is 18.5 Å². The molecule has 0 radical (unpaired) electrons. The molecule has 1 saturated heterocycles. The fourth-order valence-corrected chi connectivity index (χ4v) is 7.57. The maximum atomic E-state index is 13.8. The van der Waals surface area contributed by atoms with E-state index in [0.717, 1.165) is 35.2 Å². The number of aryl methyl sites for hydroxylation is 1. The molecule has 0 spiro atoms. The summed E-state index contributed by atoms with van der Waals surface area (Å²) in [6.45, 7) is 4.61. The first kappa shape index (κ1) is 17.0. The van der Waals surface area contributed by atoms with Crippen molar-refractivity contribution < 1.29 is 8.42 Å². The van der Waals surface area contributed by atoms with Crippen molar-refractivity contribution in [1.29, 1.82) is 0 Å². The molecule has 4 nitrogen and oxygen atoms in total. The molecule has 5 heteroatoms. The number of sulfonamides is 1. The van der Waals surface area contributed by atoms with E-state index in [1.165, 1.54) is 0 Å². The van der Waals surface area contributed by atoms with Gasteiger partial charge in [-0.3, -0.25) is 0 Å². The molecule has 2 aliphatic heterocycles. The average Bonchev–Trinajstić information content (AvgIpc) is 3.23. The van der Waals surface area contributed by atoms with E-state index in [4.69, 9.17) is 0 Å². The normalized spacial score (nSPS) is 29.4. The number of hydrogen-bond donors (Lipinski definition) is 0. The van der Waals surface area contributed by atoms with E-state index in [-0.39, 0.29) is 5.54 Å². The molecule has 1 aliphatic carbocycles. The van der Waals surface area contributed by atoms with Gasteiger partial charge in [-0.15, -0.1) is 0 Å². The van der Waals surface area contributed by atoms with Gasteiger partial charge in [-0.1, -0.05) is 42.0 Å². The lowest BCUT2D eigenvalue weighted by molar-refractivity contribution is 0.230. The Hall–Kier alpha value is -2.11. The number of nitrogens with zero attached hydrogens (tertiary/aromatic N) is 2. The summed E-state index contributed by atoms with van der Waals surface area (Å²) in [5, 5.41) is 0. The van der Waals surface area contributed by atoms with Gasteiger partial charge in [-0.2, -0.15) is 4.31 Å². The number of rotatable bonds is 2. The second-order valence-electron chi connectivity index (χ2n) is 8.05. The van der Waals surface area contributed by atoms with Crippen LogP contribution < -0.4 is 4.90 Å². The number of fused-ring (bicyclic) bond motifs is 1. The van der Waals surface area contributed by atoms with Gasteiger partial charge >= 0.3 is 0 Å². The Kier molecular flexibility index (Phi) is 3.30. The molecule has 2 atom stereocenters. The van der Waals surface area contributed by atoms with Gasteiger partial charge in [0.2, 0.25) is 10.0 Å². The molecule has 140 valence electrons. The summed E-state index contributed by atoms with van der Waals surface area (Å²) in [6, 6.07) is 15.5. The summed E-state index contributed by atoms with van der Waals surface area (Å²) in [5.41, 5.74) is 3.64. The largest absolute Gasteiger partial charge is 0.366 e. The molecule has 3 aliphatic rings. The predicted molar refractivity (Wildman–Crippen MR) is 107 cm³/mol. The molecule has 0 amide bonds.